The summed E-state index contributed by atoms with van der Waals surface area (Å²) in [6.45, 7) is 4.38. The van der Waals surface area contributed by atoms with Crippen LogP contribution < -0.4 is 5.73 Å². The van der Waals surface area contributed by atoms with E-state index in [9.17, 15) is 4.39 Å². The van der Waals surface area contributed by atoms with Crippen LogP contribution in [0.2, 0.25) is 0 Å². The van der Waals surface area contributed by atoms with Crippen LogP contribution in [0.5, 0.6) is 0 Å². The van der Waals surface area contributed by atoms with E-state index in [0.29, 0.717) is 12.1 Å². The lowest BCUT2D eigenvalue weighted by Crippen LogP contribution is -2.12. The van der Waals surface area contributed by atoms with Gasteiger partial charge >= 0.3 is 0 Å². The number of benzene rings is 1. The van der Waals surface area contributed by atoms with Gasteiger partial charge in [-0.2, -0.15) is 0 Å². The minimum absolute atomic E-state index is 0.200. The molecule has 96 valence electrons. The second-order valence-corrected chi connectivity index (χ2v) is 4.49. The average Bonchev–Trinajstić information content (AvgIpc) is 2.84. The highest BCUT2D eigenvalue weighted by Crippen LogP contribution is 2.23. The van der Waals surface area contributed by atoms with Gasteiger partial charge in [0, 0.05) is 18.0 Å². The second-order valence-electron chi connectivity index (χ2n) is 4.49. The molecule has 1 atom stereocenters. The molecule has 0 bridgehead atoms. The fraction of sp³-hybridized carbons (Fsp3) is 0.357. The van der Waals surface area contributed by atoms with Gasteiger partial charge in [-0.1, -0.05) is 19.1 Å². The van der Waals surface area contributed by atoms with Gasteiger partial charge in [0.05, 0.1) is 11.9 Å². The van der Waals surface area contributed by atoms with Crippen molar-refractivity contribution in [2.24, 2.45) is 5.73 Å². The summed E-state index contributed by atoms with van der Waals surface area (Å²) in [5, 5.41) is 0. The van der Waals surface area contributed by atoms with Crippen LogP contribution in [0.4, 0.5) is 4.39 Å². The van der Waals surface area contributed by atoms with Gasteiger partial charge in [0.1, 0.15) is 11.6 Å². The molecule has 0 spiro atoms. The normalized spacial score (nSPS) is 12.7. The molecule has 0 radical (unpaired) electrons. The van der Waals surface area contributed by atoms with E-state index >= 15 is 0 Å². The van der Waals surface area contributed by atoms with E-state index in [0.717, 1.165) is 23.5 Å². The zero-order valence-corrected chi connectivity index (χ0v) is 10.7. The number of rotatable bonds is 4. The summed E-state index contributed by atoms with van der Waals surface area (Å²) in [5.74, 6) is 0.902. The summed E-state index contributed by atoms with van der Waals surface area (Å²) >= 11 is 0. The van der Waals surface area contributed by atoms with Gasteiger partial charge in [-0.15, -0.1) is 0 Å². The number of nitrogens with two attached hydrogens (primary N) is 1. The number of H-pyrrole nitrogens is 1. The third-order valence-electron chi connectivity index (χ3n) is 3.24. The molecule has 3 nitrogen and oxygen atoms in total. The quantitative estimate of drug-likeness (QED) is 0.872. The molecule has 0 fully saturated rings. The van der Waals surface area contributed by atoms with E-state index in [4.69, 9.17) is 5.73 Å². The van der Waals surface area contributed by atoms with Gasteiger partial charge in [0.15, 0.2) is 0 Å². The molecule has 2 aromatic rings. The summed E-state index contributed by atoms with van der Waals surface area (Å²) < 4.78 is 13.5. The molecule has 0 saturated carbocycles. The second kappa shape index (κ2) is 5.31. The average molecular weight is 247 g/mol. The third-order valence-corrected chi connectivity index (χ3v) is 3.24. The molecule has 2 rings (SSSR count). The first-order valence-electron chi connectivity index (χ1n) is 6.17. The summed E-state index contributed by atoms with van der Waals surface area (Å²) in [4.78, 5) is 7.55. The Labute approximate surface area is 106 Å². The molecule has 1 aromatic carbocycles. The van der Waals surface area contributed by atoms with Crippen LogP contribution in [0.15, 0.2) is 24.4 Å². The molecule has 4 heteroatoms. The van der Waals surface area contributed by atoms with Crippen molar-refractivity contribution in [3.05, 3.63) is 41.6 Å². The number of aryl methyl sites for hydroxylation is 1. The van der Waals surface area contributed by atoms with Crippen molar-refractivity contribution in [2.75, 3.05) is 6.54 Å². The van der Waals surface area contributed by atoms with Gasteiger partial charge in [0.2, 0.25) is 0 Å². The summed E-state index contributed by atoms with van der Waals surface area (Å²) in [5.41, 5.74) is 7.97. The largest absolute Gasteiger partial charge is 0.342 e. The number of imidazole rings is 1. The maximum Gasteiger partial charge on any atom is 0.126 e. The minimum atomic E-state index is -0.200. The molecule has 0 amide bonds. The van der Waals surface area contributed by atoms with E-state index in [1.54, 1.807) is 19.2 Å². The Balaban J connectivity index is 2.31. The van der Waals surface area contributed by atoms with Crippen molar-refractivity contribution >= 4 is 0 Å². The lowest BCUT2D eigenvalue weighted by atomic mass is 10.1. The van der Waals surface area contributed by atoms with Gasteiger partial charge in [-0.25, -0.2) is 9.37 Å². The van der Waals surface area contributed by atoms with Gasteiger partial charge < -0.3 is 10.7 Å². The van der Waals surface area contributed by atoms with Crippen molar-refractivity contribution in [2.45, 2.75) is 26.2 Å². The predicted molar refractivity (Wildman–Crippen MR) is 70.8 cm³/mol. The van der Waals surface area contributed by atoms with E-state index in [1.807, 2.05) is 6.07 Å². The fourth-order valence-corrected chi connectivity index (χ4v) is 1.92. The SMILES string of the molecule is CCC(CN)c1ncc(-c2ccc(C)c(F)c2)[nH]1. The van der Waals surface area contributed by atoms with Crippen molar-refractivity contribution in [3.8, 4) is 11.3 Å². The van der Waals surface area contributed by atoms with Gasteiger partial charge in [-0.05, 0) is 25.0 Å². The van der Waals surface area contributed by atoms with Crippen LogP contribution in [0.1, 0.15) is 30.7 Å². The molecule has 0 saturated heterocycles. The molecular formula is C14H18FN3. The minimum Gasteiger partial charge on any atom is -0.342 e. The molecule has 0 aliphatic rings. The van der Waals surface area contributed by atoms with Crippen molar-refractivity contribution in [1.82, 2.24) is 9.97 Å². The van der Waals surface area contributed by atoms with E-state index in [1.165, 1.54) is 6.07 Å². The van der Waals surface area contributed by atoms with Crippen LogP contribution in [0.25, 0.3) is 11.3 Å². The Hall–Kier alpha value is -1.68. The molecule has 1 heterocycles. The Morgan fingerprint density at radius 2 is 2.22 bits per heavy atom. The predicted octanol–water partition coefficient (Wildman–Crippen LogP) is 2.98. The molecular weight excluding hydrogens is 229 g/mol. The summed E-state index contributed by atoms with van der Waals surface area (Å²) in [6.07, 6.45) is 2.67. The lowest BCUT2D eigenvalue weighted by Gasteiger charge is -2.08. The summed E-state index contributed by atoms with van der Waals surface area (Å²) in [7, 11) is 0. The number of aromatic nitrogens is 2. The topological polar surface area (TPSA) is 54.7 Å². The van der Waals surface area contributed by atoms with Gasteiger partial charge in [-0.3, -0.25) is 0 Å². The summed E-state index contributed by atoms with van der Waals surface area (Å²) in [6, 6.07) is 5.18. The van der Waals surface area contributed by atoms with Gasteiger partial charge in [0.25, 0.3) is 0 Å². The Morgan fingerprint density at radius 1 is 1.44 bits per heavy atom. The molecule has 0 aliphatic carbocycles. The van der Waals surface area contributed by atoms with Crippen molar-refractivity contribution in [3.63, 3.8) is 0 Å². The standard InChI is InChI=1S/C14H18FN3/c1-3-10(7-16)14-17-8-13(18-14)11-5-4-9(2)12(15)6-11/h4-6,8,10H,3,7,16H2,1-2H3,(H,17,18). The number of hydrogen-bond acceptors (Lipinski definition) is 2. The highest BCUT2D eigenvalue weighted by Gasteiger charge is 2.12. The Morgan fingerprint density at radius 3 is 2.83 bits per heavy atom. The third kappa shape index (κ3) is 2.43. The zero-order chi connectivity index (χ0) is 13.1. The molecule has 1 unspecified atom stereocenters. The van der Waals surface area contributed by atoms with Crippen LogP contribution in [-0.4, -0.2) is 16.5 Å². The fourth-order valence-electron chi connectivity index (χ4n) is 1.92. The maximum atomic E-state index is 13.5. The smallest absolute Gasteiger partial charge is 0.126 e. The lowest BCUT2D eigenvalue weighted by molar-refractivity contribution is 0.619. The van der Waals surface area contributed by atoms with Crippen molar-refractivity contribution < 1.29 is 4.39 Å². The zero-order valence-electron chi connectivity index (χ0n) is 10.7. The van der Waals surface area contributed by atoms with Crippen LogP contribution >= 0.6 is 0 Å². The van der Waals surface area contributed by atoms with E-state index in [2.05, 4.69) is 16.9 Å². The molecule has 18 heavy (non-hydrogen) atoms. The molecule has 1 aromatic heterocycles. The Bertz CT molecular complexity index is 530. The van der Waals surface area contributed by atoms with Crippen molar-refractivity contribution in [1.29, 1.82) is 0 Å². The maximum absolute atomic E-state index is 13.5. The Kier molecular flexibility index (Phi) is 3.77. The number of halogens is 1. The monoisotopic (exact) mass is 247 g/mol. The number of nitrogens with one attached hydrogen (secondary N) is 1. The number of hydrogen-bond donors (Lipinski definition) is 2. The number of nitrogens with zero attached hydrogens (tertiary/aromatic N) is 1. The molecule has 3 N–H and O–H groups in total. The first kappa shape index (κ1) is 12.8. The first-order valence-corrected chi connectivity index (χ1v) is 6.17. The van der Waals surface area contributed by atoms with E-state index in [-0.39, 0.29) is 11.7 Å². The molecule has 0 aliphatic heterocycles. The first-order chi connectivity index (χ1) is 8.65. The number of aromatic amines is 1. The van der Waals surface area contributed by atoms with Crippen LogP contribution in [0.3, 0.4) is 0 Å². The highest BCUT2D eigenvalue weighted by atomic mass is 19.1. The highest BCUT2D eigenvalue weighted by molar-refractivity contribution is 5.59. The van der Waals surface area contributed by atoms with Crippen LogP contribution in [0, 0.1) is 12.7 Å². The van der Waals surface area contributed by atoms with Crippen LogP contribution in [-0.2, 0) is 0 Å². The van der Waals surface area contributed by atoms with E-state index < -0.39 is 0 Å².